The van der Waals surface area contributed by atoms with Gasteiger partial charge in [-0.2, -0.15) is 0 Å². The van der Waals surface area contributed by atoms with E-state index in [4.69, 9.17) is 26.4 Å². The van der Waals surface area contributed by atoms with Gasteiger partial charge in [0.1, 0.15) is 24.3 Å². The average Bonchev–Trinajstić information content (AvgIpc) is 2.97. The van der Waals surface area contributed by atoms with Crippen molar-refractivity contribution in [2.24, 2.45) is 22.2 Å². The third kappa shape index (κ3) is 10.8. The zero-order valence-electron chi connectivity index (χ0n) is 24.1. The number of nitrogens with zero attached hydrogens (tertiary/aromatic N) is 1. The minimum absolute atomic E-state index is 0.0184. The number of aryl methyl sites for hydroxylation is 1. The Hall–Kier alpha value is -4.91. The first-order valence-electron chi connectivity index (χ1n) is 14.0. The van der Waals surface area contributed by atoms with Gasteiger partial charge in [0, 0.05) is 29.8 Å². The van der Waals surface area contributed by atoms with Crippen LogP contribution in [0.2, 0.25) is 0 Å². The predicted octanol–water partition coefficient (Wildman–Crippen LogP) is 2.00. The van der Waals surface area contributed by atoms with Crippen molar-refractivity contribution < 1.29 is 23.5 Å². The van der Waals surface area contributed by atoms with E-state index in [1.54, 1.807) is 25.1 Å². The second kappa shape index (κ2) is 16.5. The van der Waals surface area contributed by atoms with E-state index in [1.807, 2.05) is 30.3 Å². The second-order valence-electron chi connectivity index (χ2n) is 10.0. The minimum Gasteiger partial charge on any atom is -0.445 e. The van der Waals surface area contributed by atoms with Crippen LogP contribution in [0.25, 0.3) is 11.0 Å². The molecule has 3 aromatic rings. The number of ether oxygens (including phenoxy) is 1. The van der Waals surface area contributed by atoms with Crippen LogP contribution < -0.4 is 38.8 Å². The van der Waals surface area contributed by atoms with E-state index < -0.39 is 35.6 Å². The van der Waals surface area contributed by atoms with Crippen LogP contribution in [-0.4, -0.2) is 49.0 Å². The van der Waals surface area contributed by atoms with E-state index in [0.29, 0.717) is 43.5 Å². The van der Waals surface area contributed by atoms with Crippen molar-refractivity contribution in [2.75, 3.05) is 18.4 Å². The molecule has 1 heterocycles. The summed E-state index contributed by atoms with van der Waals surface area (Å²) in [5.41, 5.74) is 18.2. The number of rotatable bonds is 15. The van der Waals surface area contributed by atoms with Crippen molar-refractivity contribution in [3.8, 4) is 0 Å². The summed E-state index contributed by atoms with van der Waals surface area (Å²) in [5.74, 6) is -1.14. The van der Waals surface area contributed by atoms with Gasteiger partial charge in [0.15, 0.2) is 5.96 Å². The van der Waals surface area contributed by atoms with E-state index in [2.05, 4.69) is 20.9 Å². The van der Waals surface area contributed by atoms with Gasteiger partial charge in [-0.3, -0.25) is 14.6 Å². The summed E-state index contributed by atoms with van der Waals surface area (Å²) in [6.07, 6.45) is 1.29. The summed E-state index contributed by atoms with van der Waals surface area (Å²) in [6, 6.07) is 13.5. The summed E-state index contributed by atoms with van der Waals surface area (Å²) in [4.78, 5) is 55.1. The van der Waals surface area contributed by atoms with Crippen LogP contribution in [0.3, 0.4) is 0 Å². The maximum atomic E-state index is 13.4. The molecule has 0 spiro atoms. The Balaban J connectivity index is 1.72. The van der Waals surface area contributed by atoms with Crippen LogP contribution in [-0.2, 0) is 20.9 Å². The van der Waals surface area contributed by atoms with E-state index in [0.717, 1.165) is 16.5 Å². The molecule has 13 nitrogen and oxygen atoms in total. The number of guanidine groups is 1. The number of hydrogen-bond donors (Lipinski definition) is 6. The highest BCUT2D eigenvalue weighted by Crippen LogP contribution is 2.21. The molecular weight excluding hydrogens is 554 g/mol. The standard InChI is InChI=1S/C30H39N7O6/c1-19-16-26(38)43-25-17-21(12-13-22(19)25)35-27(39)23(10-5-6-14-31)36-28(40)24(11-7-15-34-29(32)33)37-30(41)42-18-20-8-3-2-4-9-20/h2-4,8-9,12-13,16-17,23-24H,5-7,10-11,14-15,18,31H2,1H3,(H,35,39)(H,36,40)(H,37,41)(H4,32,33,34)/t23-,24-/m0/s1. The summed E-state index contributed by atoms with van der Waals surface area (Å²) >= 11 is 0. The van der Waals surface area contributed by atoms with Gasteiger partial charge >= 0.3 is 11.7 Å². The van der Waals surface area contributed by atoms with Gasteiger partial charge in [0.25, 0.3) is 0 Å². The molecule has 0 aliphatic carbocycles. The van der Waals surface area contributed by atoms with Gasteiger partial charge in [-0.15, -0.1) is 0 Å². The van der Waals surface area contributed by atoms with Crippen LogP contribution in [0.15, 0.2) is 68.8 Å². The Morgan fingerprint density at radius 3 is 2.37 bits per heavy atom. The van der Waals surface area contributed by atoms with Gasteiger partial charge in [-0.25, -0.2) is 9.59 Å². The lowest BCUT2D eigenvalue weighted by molar-refractivity contribution is -0.128. The molecule has 0 saturated heterocycles. The van der Waals surface area contributed by atoms with Crippen molar-refractivity contribution in [3.63, 3.8) is 0 Å². The third-order valence-corrected chi connectivity index (χ3v) is 6.57. The van der Waals surface area contributed by atoms with Crippen LogP contribution in [0.5, 0.6) is 0 Å². The number of nitrogens with two attached hydrogens (primary N) is 3. The fourth-order valence-corrected chi connectivity index (χ4v) is 4.35. The maximum Gasteiger partial charge on any atom is 0.408 e. The number of anilines is 1. The highest BCUT2D eigenvalue weighted by atomic mass is 16.5. The predicted molar refractivity (Wildman–Crippen MR) is 164 cm³/mol. The average molecular weight is 594 g/mol. The summed E-state index contributed by atoms with van der Waals surface area (Å²) in [6.45, 7) is 2.47. The van der Waals surface area contributed by atoms with Gasteiger partial charge in [-0.1, -0.05) is 30.3 Å². The molecule has 0 aliphatic rings. The maximum absolute atomic E-state index is 13.4. The number of carbonyl (C=O) groups excluding carboxylic acids is 3. The molecule has 0 aliphatic heterocycles. The SMILES string of the molecule is Cc1cc(=O)oc2cc(NC(=O)[C@H](CCCCN)NC(=O)[C@H](CCCN=C(N)N)NC(=O)OCc3ccccc3)ccc12. The van der Waals surface area contributed by atoms with Crippen molar-refractivity contribution in [1.29, 1.82) is 0 Å². The Bertz CT molecular complexity index is 1470. The zero-order valence-corrected chi connectivity index (χ0v) is 24.1. The monoisotopic (exact) mass is 593 g/mol. The Kier molecular flexibility index (Phi) is 12.5. The molecule has 2 atom stereocenters. The molecule has 0 fully saturated rings. The molecule has 0 unspecified atom stereocenters. The number of alkyl carbamates (subject to hydrolysis) is 1. The molecular formula is C30H39N7O6. The summed E-state index contributed by atoms with van der Waals surface area (Å²) in [5, 5.41) is 8.87. The number of hydrogen-bond acceptors (Lipinski definition) is 8. The van der Waals surface area contributed by atoms with Gasteiger partial charge < -0.3 is 42.3 Å². The lowest BCUT2D eigenvalue weighted by atomic mass is 10.1. The van der Waals surface area contributed by atoms with Crippen molar-refractivity contribution in [2.45, 2.75) is 57.7 Å². The molecule has 0 radical (unpaired) electrons. The van der Waals surface area contributed by atoms with Crippen molar-refractivity contribution in [1.82, 2.24) is 10.6 Å². The number of nitrogens with one attached hydrogen (secondary N) is 3. The number of aliphatic imine (C=N–C) groups is 1. The van der Waals surface area contributed by atoms with E-state index in [-0.39, 0.29) is 25.5 Å². The zero-order chi connectivity index (χ0) is 31.2. The molecule has 3 rings (SSSR count). The highest BCUT2D eigenvalue weighted by Gasteiger charge is 2.27. The number of unbranched alkanes of at least 4 members (excludes halogenated alkanes) is 1. The molecule has 43 heavy (non-hydrogen) atoms. The summed E-state index contributed by atoms with van der Waals surface area (Å²) < 4.78 is 10.6. The number of carbonyl (C=O) groups is 3. The number of amides is 3. The lowest BCUT2D eigenvalue weighted by Gasteiger charge is -2.23. The fourth-order valence-electron chi connectivity index (χ4n) is 4.35. The molecule has 0 saturated carbocycles. The van der Waals surface area contributed by atoms with Crippen LogP contribution in [0.4, 0.5) is 10.5 Å². The quantitative estimate of drug-likeness (QED) is 0.0656. The topological polar surface area (TPSA) is 217 Å². The molecule has 2 aromatic carbocycles. The molecule has 9 N–H and O–H groups in total. The molecule has 3 amide bonds. The van der Waals surface area contributed by atoms with Crippen molar-refractivity contribution >= 4 is 40.5 Å². The normalized spacial score (nSPS) is 12.1. The first-order valence-corrected chi connectivity index (χ1v) is 14.0. The molecule has 13 heteroatoms. The highest BCUT2D eigenvalue weighted by molar-refractivity contribution is 5.99. The molecule has 1 aromatic heterocycles. The second-order valence-corrected chi connectivity index (χ2v) is 10.0. The van der Waals surface area contributed by atoms with E-state index in [1.165, 1.54) is 6.07 Å². The Labute approximate surface area is 249 Å². The Morgan fingerprint density at radius 1 is 0.930 bits per heavy atom. The van der Waals surface area contributed by atoms with Crippen LogP contribution >= 0.6 is 0 Å². The van der Waals surface area contributed by atoms with Gasteiger partial charge in [0.05, 0.1) is 0 Å². The van der Waals surface area contributed by atoms with Crippen molar-refractivity contribution in [3.05, 3.63) is 76.1 Å². The van der Waals surface area contributed by atoms with E-state index >= 15 is 0 Å². The first-order chi connectivity index (χ1) is 20.7. The van der Waals surface area contributed by atoms with Crippen LogP contribution in [0, 0.1) is 6.92 Å². The lowest BCUT2D eigenvalue weighted by Crippen LogP contribution is -2.52. The van der Waals surface area contributed by atoms with E-state index in [9.17, 15) is 19.2 Å². The largest absolute Gasteiger partial charge is 0.445 e. The number of fused-ring (bicyclic) bond motifs is 1. The van der Waals surface area contributed by atoms with Crippen LogP contribution in [0.1, 0.15) is 43.2 Å². The first kappa shape index (κ1) is 32.6. The van der Waals surface area contributed by atoms with Gasteiger partial charge in [-0.05, 0) is 68.8 Å². The third-order valence-electron chi connectivity index (χ3n) is 6.57. The number of benzene rings is 2. The van der Waals surface area contributed by atoms with Gasteiger partial charge in [0.2, 0.25) is 11.8 Å². The fraction of sp³-hybridized carbons (Fsp3) is 0.367. The minimum atomic E-state index is -1.03. The smallest absolute Gasteiger partial charge is 0.408 e. The summed E-state index contributed by atoms with van der Waals surface area (Å²) in [7, 11) is 0. The molecule has 0 bridgehead atoms. The Morgan fingerprint density at radius 2 is 1.65 bits per heavy atom. The molecule has 230 valence electrons.